The summed E-state index contributed by atoms with van der Waals surface area (Å²) < 4.78 is 5.32. The third kappa shape index (κ3) is 10.5. The zero-order valence-corrected chi connectivity index (χ0v) is 19.7. The SMILES string of the molecule is CCCCCCCCCCCC(C[C@@H]1OC(=O)[C@H]1CCCCCC)C(C(=O)O)C(=O)O. The van der Waals surface area contributed by atoms with Gasteiger partial charge in [0.2, 0.25) is 0 Å². The standard InChI is InChI=1S/C25H44O6/c1-3-5-7-9-10-11-12-13-14-16-19(22(23(26)27)24(28)29)18-21-20(25(30)31-21)17-15-8-6-4-2/h19-22H,3-18H2,1-2H3,(H,26,27)(H,28,29)/t19?,20-,21-/m0/s1. The van der Waals surface area contributed by atoms with Crippen LogP contribution in [0, 0.1) is 17.8 Å². The van der Waals surface area contributed by atoms with Gasteiger partial charge in [-0.2, -0.15) is 0 Å². The minimum absolute atomic E-state index is 0.203. The van der Waals surface area contributed by atoms with E-state index in [9.17, 15) is 24.6 Å². The first-order chi connectivity index (χ1) is 14.9. The molecule has 1 fully saturated rings. The van der Waals surface area contributed by atoms with Crippen LogP contribution in [-0.4, -0.2) is 34.2 Å². The Morgan fingerprint density at radius 1 is 0.806 bits per heavy atom. The molecule has 0 amide bonds. The minimum atomic E-state index is -1.44. The van der Waals surface area contributed by atoms with E-state index < -0.39 is 23.8 Å². The Morgan fingerprint density at radius 3 is 1.77 bits per heavy atom. The Balaban J connectivity index is 2.50. The van der Waals surface area contributed by atoms with Crippen LogP contribution in [0.15, 0.2) is 0 Å². The van der Waals surface area contributed by atoms with E-state index >= 15 is 0 Å². The molecule has 2 N–H and O–H groups in total. The molecule has 0 spiro atoms. The number of hydrogen-bond donors (Lipinski definition) is 2. The molecule has 6 heteroatoms. The van der Waals surface area contributed by atoms with Crippen molar-refractivity contribution in [3.63, 3.8) is 0 Å². The van der Waals surface area contributed by atoms with E-state index in [1.165, 1.54) is 38.5 Å². The van der Waals surface area contributed by atoms with Crippen LogP contribution < -0.4 is 0 Å². The minimum Gasteiger partial charge on any atom is -0.481 e. The number of esters is 1. The molecule has 0 aromatic heterocycles. The van der Waals surface area contributed by atoms with E-state index in [2.05, 4.69) is 13.8 Å². The van der Waals surface area contributed by atoms with Gasteiger partial charge in [-0.1, -0.05) is 97.3 Å². The van der Waals surface area contributed by atoms with E-state index in [0.29, 0.717) is 12.8 Å². The van der Waals surface area contributed by atoms with Gasteiger partial charge in [0.15, 0.2) is 5.92 Å². The molecule has 0 bridgehead atoms. The van der Waals surface area contributed by atoms with E-state index in [0.717, 1.165) is 51.4 Å². The van der Waals surface area contributed by atoms with Crippen LogP contribution in [0.1, 0.15) is 117 Å². The van der Waals surface area contributed by atoms with Crippen molar-refractivity contribution in [2.75, 3.05) is 0 Å². The highest BCUT2D eigenvalue weighted by atomic mass is 16.6. The molecular formula is C25H44O6. The predicted octanol–water partition coefficient (Wildman–Crippen LogP) is 6.21. The first kappa shape index (κ1) is 27.4. The summed E-state index contributed by atoms with van der Waals surface area (Å²) in [5.41, 5.74) is 0. The Bertz CT molecular complexity index is 518. The van der Waals surface area contributed by atoms with Gasteiger partial charge in [-0.25, -0.2) is 0 Å². The Kier molecular flexibility index (Phi) is 14.3. The van der Waals surface area contributed by atoms with Gasteiger partial charge in [-0.15, -0.1) is 0 Å². The molecule has 1 heterocycles. The van der Waals surface area contributed by atoms with Crippen molar-refractivity contribution in [3.05, 3.63) is 0 Å². The zero-order valence-electron chi connectivity index (χ0n) is 19.7. The topological polar surface area (TPSA) is 101 Å². The van der Waals surface area contributed by atoms with Crippen molar-refractivity contribution >= 4 is 17.9 Å². The zero-order chi connectivity index (χ0) is 23.1. The van der Waals surface area contributed by atoms with Gasteiger partial charge < -0.3 is 14.9 Å². The number of unbranched alkanes of at least 4 members (excludes halogenated alkanes) is 11. The van der Waals surface area contributed by atoms with Gasteiger partial charge >= 0.3 is 17.9 Å². The van der Waals surface area contributed by atoms with Crippen molar-refractivity contribution in [3.8, 4) is 0 Å². The number of ether oxygens (including phenoxy) is 1. The summed E-state index contributed by atoms with van der Waals surface area (Å²) in [5.74, 6) is -4.95. The van der Waals surface area contributed by atoms with Gasteiger partial charge in [0.1, 0.15) is 6.10 Å². The maximum atomic E-state index is 11.9. The lowest BCUT2D eigenvalue weighted by Gasteiger charge is -2.38. The number of hydrogen-bond acceptors (Lipinski definition) is 4. The van der Waals surface area contributed by atoms with Crippen LogP contribution >= 0.6 is 0 Å². The lowest BCUT2D eigenvalue weighted by Crippen LogP contribution is -2.47. The number of carboxylic acid groups (broad SMARTS) is 2. The summed E-state index contributed by atoms with van der Waals surface area (Å²) in [6.45, 7) is 4.34. The number of carbonyl (C=O) groups is 3. The number of aliphatic carboxylic acids is 2. The molecule has 31 heavy (non-hydrogen) atoms. The molecule has 0 aliphatic carbocycles. The van der Waals surface area contributed by atoms with Crippen LogP contribution in [0.5, 0.6) is 0 Å². The van der Waals surface area contributed by atoms with E-state index in [1.54, 1.807) is 0 Å². The van der Waals surface area contributed by atoms with Gasteiger partial charge in [-0.3, -0.25) is 14.4 Å². The summed E-state index contributed by atoms with van der Waals surface area (Å²) in [5, 5.41) is 19.0. The number of carboxylic acids is 2. The Morgan fingerprint density at radius 2 is 1.29 bits per heavy atom. The van der Waals surface area contributed by atoms with Crippen molar-refractivity contribution in [2.24, 2.45) is 17.8 Å². The fraction of sp³-hybridized carbons (Fsp3) is 0.880. The molecule has 1 aliphatic rings. The smallest absolute Gasteiger partial charge is 0.318 e. The molecule has 0 saturated carbocycles. The normalized spacial score (nSPS) is 19.1. The average Bonchev–Trinajstić information content (AvgIpc) is 2.71. The summed E-state index contributed by atoms with van der Waals surface area (Å²) in [7, 11) is 0. The maximum Gasteiger partial charge on any atom is 0.318 e. The molecule has 3 atom stereocenters. The first-order valence-corrected chi connectivity index (χ1v) is 12.6. The Labute approximate surface area is 188 Å². The highest BCUT2D eigenvalue weighted by Gasteiger charge is 2.45. The fourth-order valence-electron chi connectivity index (χ4n) is 4.65. The molecule has 6 nitrogen and oxygen atoms in total. The number of carbonyl (C=O) groups excluding carboxylic acids is 1. The summed E-state index contributed by atoms with van der Waals surface area (Å²) in [6, 6.07) is 0. The molecule has 180 valence electrons. The van der Waals surface area contributed by atoms with Crippen molar-refractivity contribution < 1.29 is 29.3 Å². The van der Waals surface area contributed by atoms with Crippen molar-refractivity contribution in [2.45, 2.75) is 123 Å². The lowest BCUT2D eigenvalue weighted by molar-refractivity contribution is -0.188. The maximum absolute atomic E-state index is 11.9. The van der Waals surface area contributed by atoms with E-state index in [4.69, 9.17) is 4.74 Å². The highest BCUT2D eigenvalue weighted by molar-refractivity contribution is 5.93. The molecule has 0 aromatic carbocycles. The Hall–Kier alpha value is -1.59. The second-order valence-electron chi connectivity index (χ2n) is 9.20. The molecule has 1 unspecified atom stereocenters. The molecule has 1 saturated heterocycles. The predicted molar refractivity (Wildman–Crippen MR) is 121 cm³/mol. The third-order valence-corrected chi connectivity index (χ3v) is 6.60. The van der Waals surface area contributed by atoms with E-state index in [-0.39, 0.29) is 18.0 Å². The van der Waals surface area contributed by atoms with Crippen molar-refractivity contribution in [1.29, 1.82) is 0 Å². The van der Waals surface area contributed by atoms with Crippen molar-refractivity contribution in [1.82, 2.24) is 0 Å². The summed E-state index contributed by atoms with van der Waals surface area (Å²) in [4.78, 5) is 35.2. The summed E-state index contributed by atoms with van der Waals surface area (Å²) >= 11 is 0. The van der Waals surface area contributed by atoms with Crippen LogP contribution in [0.3, 0.4) is 0 Å². The number of cyclic esters (lactones) is 1. The van der Waals surface area contributed by atoms with Gasteiger partial charge in [0.25, 0.3) is 0 Å². The molecule has 1 aliphatic heterocycles. The largest absolute Gasteiger partial charge is 0.481 e. The third-order valence-electron chi connectivity index (χ3n) is 6.60. The lowest BCUT2D eigenvalue weighted by atomic mass is 9.78. The van der Waals surface area contributed by atoms with Gasteiger partial charge in [-0.05, 0) is 25.2 Å². The quantitative estimate of drug-likeness (QED) is 0.133. The number of rotatable bonds is 20. The van der Waals surface area contributed by atoms with Gasteiger partial charge in [0, 0.05) is 0 Å². The second kappa shape index (κ2) is 16.1. The van der Waals surface area contributed by atoms with Crippen LogP contribution in [0.4, 0.5) is 0 Å². The van der Waals surface area contributed by atoms with Gasteiger partial charge in [0.05, 0.1) is 5.92 Å². The summed E-state index contributed by atoms with van der Waals surface area (Å²) in [6.07, 6.45) is 16.0. The average molecular weight is 441 g/mol. The molecule has 0 aromatic rings. The van der Waals surface area contributed by atoms with Crippen LogP contribution in [0.2, 0.25) is 0 Å². The molecule has 0 radical (unpaired) electrons. The molecular weight excluding hydrogens is 396 g/mol. The molecule has 1 rings (SSSR count). The van der Waals surface area contributed by atoms with Crippen LogP contribution in [0.25, 0.3) is 0 Å². The second-order valence-corrected chi connectivity index (χ2v) is 9.20. The van der Waals surface area contributed by atoms with E-state index in [1.807, 2.05) is 0 Å². The first-order valence-electron chi connectivity index (χ1n) is 12.6. The van der Waals surface area contributed by atoms with Crippen LogP contribution in [-0.2, 0) is 19.1 Å². The monoisotopic (exact) mass is 440 g/mol. The fourth-order valence-corrected chi connectivity index (χ4v) is 4.65. The highest BCUT2D eigenvalue weighted by Crippen LogP contribution is 2.36.